The molecule has 2 unspecified atom stereocenters. The molecule has 0 heterocycles. The molecule has 0 bridgehead atoms. The molecule has 1 aliphatic carbocycles. The van der Waals surface area contributed by atoms with E-state index in [-0.39, 0.29) is 17.4 Å². The van der Waals surface area contributed by atoms with Gasteiger partial charge in [0.05, 0.1) is 0 Å². The number of nitrogens with two attached hydrogens (primary N) is 2. The van der Waals surface area contributed by atoms with Crippen LogP contribution in [0, 0.1) is 5.82 Å². The van der Waals surface area contributed by atoms with Crippen LogP contribution in [-0.4, -0.2) is 11.6 Å². The fraction of sp³-hybridized carbons (Fsp3) is 0.538. The molecule has 1 fully saturated rings. The van der Waals surface area contributed by atoms with Gasteiger partial charge in [-0.15, -0.1) is 0 Å². The molecule has 0 spiro atoms. The third kappa shape index (κ3) is 2.60. The SMILES string of the molecule is NC1CCCC(N)(Cc2ccccc2F)C1. The molecule has 0 saturated heterocycles. The molecule has 2 nitrogen and oxygen atoms in total. The van der Waals surface area contributed by atoms with Gasteiger partial charge in [0, 0.05) is 11.6 Å². The fourth-order valence-electron chi connectivity index (χ4n) is 2.62. The van der Waals surface area contributed by atoms with Crippen molar-refractivity contribution in [1.82, 2.24) is 0 Å². The molecule has 0 aromatic heterocycles. The van der Waals surface area contributed by atoms with Crippen molar-refractivity contribution in [3.8, 4) is 0 Å². The van der Waals surface area contributed by atoms with Crippen LogP contribution in [-0.2, 0) is 6.42 Å². The first-order valence-electron chi connectivity index (χ1n) is 5.87. The summed E-state index contributed by atoms with van der Waals surface area (Å²) in [6.45, 7) is 0. The number of rotatable bonds is 2. The minimum Gasteiger partial charge on any atom is -0.328 e. The van der Waals surface area contributed by atoms with E-state index in [4.69, 9.17) is 11.5 Å². The Morgan fingerprint density at radius 1 is 1.38 bits per heavy atom. The number of benzene rings is 1. The Labute approximate surface area is 95.8 Å². The first kappa shape index (κ1) is 11.6. The molecule has 1 aliphatic rings. The summed E-state index contributed by atoms with van der Waals surface area (Å²) in [5, 5.41) is 0. The zero-order valence-corrected chi connectivity index (χ0v) is 9.45. The third-order valence-electron chi connectivity index (χ3n) is 3.42. The van der Waals surface area contributed by atoms with Crippen LogP contribution >= 0.6 is 0 Å². The molecule has 1 saturated carbocycles. The number of hydrogen-bond donors (Lipinski definition) is 2. The van der Waals surface area contributed by atoms with E-state index in [2.05, 4.69) is 0 Å². The highest BCUT2D eigenvalue weighted by Crippen LogP contribution is 2.29. The molecule has 1 aromatic carbocycles. The van der Waals surface area contributed by atoms with E-state index in [0.717, 1.165) is 25.7 Å². The summed E-state index contributed by atoms with van der Waals surface area (Å²) in [6, 6.07) is 7.02. The highest BCUT2D eigenvalue weighted by atomic mass is 19.1. The van der Waals surface area contributed by atoms with Gasteiger partial charge in [-0.25, -0.2) is 4.39 Å². The summed E-state index contributed by atoms with van der Waals surface area (Å²) in [5.74, 6) is -0.161. The predicted molar refractivity (Wildman–Crippen MR) is 63.5 cm³/mol. The maximum atomic E-state index is 13.5. The van der Waals surface area contributed by atoms with Crippen LogP contribution in [0.15, 0.2) is 24.3 Å². The van der Waals surface area contributed by atoms with E-state index >= 15 is 0 Å². The van der Waals surface area contributed by atoms with Gasteiger partial charge in [-0.2, -0.15) is 0 Å². The fourth-order valence-corrected chi connectivity index (χ4v) is 2.62. The summed E-state index contributed by atoms with van der Waals surface area (Å²) >= 11 is 0. The van der Waals surface area contributed by atoms with Gasteiger partial charge < -0.3 is 11.5 Å². The Kier molecular flexibility index (Phi) is 3.26. The van der Waals surface area contributed by atoms with Crippen LogP contribution in [0.4, 0.5) is 4.39 Å². The molecule has 16 heavy (non-hydrogen) atoms. The largest absolute Gasteiger partial charge is 0.328 e. The second-order valence-electron chi connectivity index (χ2n) is 4.99. The van der Waals surface area contributed by atoms with Gasteiger partial charge in [-0.1, -0.05) is 24.6 Å². The molecule has 3 heteroatoms. The maximum absolute atomic E-state index is 13.5. The lowest BCUT2D eigenvalue weighted by molar-refractivity contribution is 0.265. The van der Waals surface area contributed by atoms with E-state index in [1.807, 2.05) is 12.1 Å². The van der Waals surface area contributed by atoms with Crippen molar-refractivity contribution in [1.29, 1.82) is 0 Å². The molecule has 0 radical (unpaired) electrons. The van der Waals surface area contributed by atoms with Gasteiger partial charge >= 0.3 is 0 Å². The highest BCUT2D eigenvalue weighted by molar-refractivity contribution is 5.20. The Hall–Kier alpha value is -0.930. The van der Waals surface area contributed by atoms with Gasteiger partial charge in [-0.3, -0.25) is 0 Å². The summed E-state index contributed by atoms with van der Waals surface area (Å²) in [6.07, 6.45) is 4.41. The second kappa shape index (κ2) is 4.52. The minimum absolute atomic E-state index is 0.161. The molecule has 2 atom stereocenters. The highest BCUT2D eigenvalue weighted by Gasteiger charge is 2.31. The Bertz CT molecular complexity index is 367. The normalized spacial score (nSPS) is 30.3. The Morgan fingerprint density at radius 2 is 2.12 bits per heavy atom. The Balaban J connectivity index is 2.11. The van der Waals surface area contributed by atoms with E-state index in [1.165, 1.54) is 6.07 Å². The van der Waals surface area contributed by atoms with Gasteiger partial charge in [0.2, 0.25) is 0 Å². The predicted octanol–water partition coefficient (Wildman–Crippen LogP) is 1.97. The lowest BCUT2D eigenvalue weighted by Gasteiger charge is -2.36. The van der Waals surface area contributed by atoms with Crippen LogP contribution in [0.25, 0.3) is 0 Å². The molecule has 88 valence electrons. The average molecular weight is 222 g/mol. The van der Waals surface area contributed by atoms with Crippen LogP contribution < -0.4 is 11.5 Å². The summed E-state index contributed by atoms with van der Waals surface area (Å²) < 4.78 is 13.5. The first-order valence-corrected chi connectivity index (χ1v) is 5.87. The van der Waals surface area contributed by atoms with Gasteiger partial charge in [0.25, 0.3) is 0 Å². The van der Waals surface area contributed by atoms with Gasteiger partial charge in [0.15, 0.2) is 0 Å². The second-order valence-corrected chi connectivity index (χ2v) is 4.99. The maximum Gasteiger partial charge on any atom is 0.126 e. The molecule has 1 aromatic rings. The average Bonchev–Trinajstić information content (AvgIpc) is 2.21. The van der Waals surface area contributed by atoms with Crippen LogP contribution in [0.2, 0.25) is 0 Å². The monoisotopic (exact) mass is 222 g/mol. The third-order valence-corrected chi connectivity index (χ3v) is 3.42. The van der Waals surface area contributed by atoms with E-state index in [9.17, 15) is 4.39 Å². The van der Waals surface area contributed by atoms with Crippen molar-refractivity contribution in [2.45, 2.75) is 43.7 Å². The van der Waals surface area contributed by atoms with Crippen molar-refractivity contribution >= 4 is 0 Å². The first-order chi connectivity index (χ1) is 7.59. The molecular weight excluding hydrogens is 203 g/mol. The lowest BCUT2D eigenvalue weighted by Crippen LogP contribution is -2.49. The summed E-state index contributed by atoms with van der Waals surface area (Å²) in [5.41, 5.74) is 12.6. The van der Waals surface area contributed by atoms with Crippen molar-refractivity contribution < 1.29 is 4.39 Å². The van der Waals surface area contributed by atoms with Crippen LogP contribution in [0.5, 0.6) is 0 Å². The number of halogens is 1. The standard InChI is InChI=1S/C13H19FN2/c14-12-6-2-1-4-10(12)8-13(16)7-3-5-11(15)9-13/h1-2,4,6,11H,3,5,7-9,15-16H2. The molecule has 0 aliphatic heterocycles. The van der Waals surface area contributed by atoms with Crippen LogP contribution in [0.3, 0.4) is 0 Å². The number of hydrogen-bond acceptors (Lipinski definition) is 2. The van der Waals surface area contributed by atoms with Crippen LogP contribution in [0.1, 0.15) is 31.2 Å². The summed E-state index contributed by atoms with van der Waals surface area (Å²) in [7, 11) is 0. The van der Waals surface area contributed by atoms with E-state index in [0.29, 0.717) is 12.0 Å². The molecule has 2 rings (SSSR count). The van der Waals surface area contributed by atoms with Crippen molar-refractivity contribution in [3.05, 3.63) is 35.6 Å². The van der Waals surface area contributed by atoms with E-state index < -0.39 is 0 Å². The van der Waals surface area contributed by atoms with Crippen molar-refractivity contribution in [2.75, 3.05) is 0 Å². The van der Waals surface area contributed by atoms with Crippen molar-refractivity contribution in [2.24, 2.45) is 11.5 Å². The van der Waals surface area contributed by atoms with Gasteiger partial charge in [0.1, 0.15) is 5.82 Å². The topological polar surface area (TPSA) is 52.0 Å². The van der Waals surface area contributed by atoms with Gasteiger partial charge in [-0.05, 0) is 37.3 Å². The zero-order chi connectivity index (χ0) is 11.6. The smallest absolute Gasteiger partial charge is 0.126 e. The summed E-state index contributed by atoms with van der Waals surface area (Å²) in [4.78, 5) is 0. The molecule has 4 N–H and O–H groups in total. The molecule has 0 amide bonds. The zero-order valence-electron chi connectivity index (χ0n) is 9.45. The Morgan fingerprint density at radius 3 is 2.81 bits per heavy atom. The minimum atomic E-state index is -0.320. The van der Waals surface area contributed by atoms with E-state index in [1.54, 1.807) is 6.07 Å². The quantitative estimate of drug-likeness (QED) is 0.803. The van der Waals surface area contributed by atoms with Crippen molar-refractivity contribution in [3.63, 3.8) is 0 Å². The molecular formula is C13H19FN2. The lowest BCUT2D eigenvalue weighted by atomic mass is 9.76.